The molecule has 0 aliphatic rings. The molecule has 0 aromatic heterocycles. The number of nitrogens with one attached hydrogen (secondary N) is 1. The molecule has 1 unspecified atom stereocenters. The van der Waals surface area contributed by atoms with Crippen molar-refractivity contribution < 1.29 is 0 Å². The van der Waals surface area contributed by atoms with E-state index in [2.05, 4.69) is 38.2 Å². The van der Waals surface area contributed by atoms with Gasteiger partial charge in [-0.1, -0.05) is 32.4 Å². The lowest BCUT2D eigenvalue weighted by Crippen LogP contribution is -2.28. The van der Waals surface area contributed by atoms with Crippen molar-refractivity contribution in [2.24, 2.45) is 5.92 Å². The zero-order valence-electron chi connectivity index (χ0n) is 10.2. The average Bonchev–Trinajstić information content (AvgIpc) is 2.25. The third-order valence-corrected chi connectivity index (χ3v) is 3.82. The first kappa shape index (κ1) is 13.9. The van der Waals surface area contributed by atoms with Crippen molar-refractivity contribution in [3.8, 4) is 0 Å². The smallest absolute Gasteiger partial charge is 0.0406 e. The van der Waals surface area contributed by atoms with Crippen LogP contribution in [0.25, 0.3) is 0 Å². The molecule has 1 nitrogen and oxygen atoms in total. The molecule has 0 radical (unpaired) electrons. The molecule has 1 aromatic carbocycles. The van der Waals surface area contributed by atoms with E-state index in [1.807, 2.05) is 23.9 Å². The molecule has 1 aromatic rings. The normalized spacial score (nSPS) is 13.1. The number of benzene rings is 1. The molecule has 0 amide bonds. The van der Waals surface area contributed by atoms with E-state index in [-0.39, 0.29) is 0 Å². The molecule has 0 spiro atoms. The summed E-state index contributed by atoms with van der Waals surface area (Å²) >= 11 is 7.73. The Kier molecular flexibility index (Phi) is 6.25. The Morgan fingerprint density at radius 3 is 2.38 bits per heavy atom. The van der Waals surface area contributed by atoms with Gasteiger partial charge in [-0.3, -0.25) is 0 Å². The van der Waals surface area contributed by atoms with Gasteiger partial charge in [0.1, 0.15) is 0 Å². The molecule has 0 bridgehead atoms. The Bertz CT molecular complexity index is 297. The molecule has 0 aliphatic carbocycles. The minimum atomic E-state index is 0.572. The predicted octanol–water partition coefficient (Wildman–Crippen LogP) is 4.07. The average molecular weight is 258 g/mol. The fourth-order valence-electron chi connectivity index (χ4n) is 1.27. The second-order valence-corrected chi connectivity index (χ2v) is 5.96. The molecule has 0 heterocycles. The van der Waals surface area contributed by atoms with Crippen LogP contribution in [0.1, 0.15) is 20.8 Å². The van der Waals surface area contributed by atoms with Gasteiger partial charge in [0, 0.05) is 21.7 Å². The van der Waals surface area contributed by atoms with E-state index in [0.717, 1.165) is 17.3 Å². The Hall–Kier alpha value is -0.180. The summed E-state index contributed by atoms with van der Waals surface area (Å²) in [5, 5.41) is 4.26. The summed E-state index contributed by atoms with van der Waals surface area (Å²) in [4.78, 5) is 1.29. The third-order valence-electron chi connectivity index (χ3n) is 2.22. The monoisotopic (exact) mass is 257 g/mol. The van der Waals surface area contributed by atoms with Crippen LogP contribution in [-0.4, -0.2) is 18.3 Å². The van der Waals surface area contributed by atoms with Gasteiger partial charge in [0.2, 0.25) is 0 Å². The second kappa shape index (κ2) is 7.21. The van der Waals surface area contributed by atoms with E-state index in [1.54, 1.807) is 0 Å². The van der Waals surface area contributed by atoms with Gasteiger partial charge in [-0.15, -0.1) is 11.8 Å². The highest BCUT2D eigenvalue weighted by molar-refractivity contribution is 7.99. The van der Waals surface area contributed by atoms with E-state index < -0.39 is 0 Å². The molecule has 1 atom stereocenters. The zero-order valence-corrected chi connectivity index (χ0v) is 11.7. The topological polar surface area (TPSA) is 12.0 Å². The van der Waals surface area contributed by atoms with Gasteiger partial charge >= 0.3 is 0 Å². The van der Waals surface area contributed by atoms with Crippen molar-refractivity contribution >= 4 is 23.4 Å². The lowest BCUT2D eigenvalue weighted by Gasteiger charge is -2.14. The summed E-state index contributed by atoms with van der Waals surface area (Å²) in [6.07, 6.45) is 0. The van der Waals surface area contributed by atoms with Crippen LogP contribution in [0.15, 0.2) is 29.2 Å². The Labute approximate surface area is 108 Å². The maximum atomic E-state index is 5.84. The highest BCUT2D eigenvalue weighted by atomic mass is 35.5. The summed E-state index contributed by atoms with van der Waals surface area (Å²) < 4.78 is 0. The second-order valence-electron chi connectivity index (χ2n) is 4.43. The Morgan fingerprint density at radius 2 is 1.81 bits per heavy atom. The first-order valence-corrected chi connectivity index (χ1v) is 7.06. The highest BCUT2D eigenvalue weighted by Crippen LogP contribution is 2.22. The van der Waals surface area contributed by atoms with E-state index in [4.69, 9.17) is 11.6 Å². The van der Waals surface area contributed by atoms with E-state index in [0.29, 0.717) is 12.0 Å². The Morgan fingerprint density at radius 1 is 1.19 bits per heavy atom. The van der Waals surface area contributed by atoms with Crippen molar-refractivity contribution in [1.29, 1.82) is 0 Å². The highest BCUT2D eigenvalue weighted by Gasteiger charge is 2.04. The predicted molar refractivity (Wildman–Crippen MR) is 74.5 cm³/mol. The summed E-state index contributed by atoms with van der Waals surface area (Å²) in [5.41, 5.74) is 0. The lowest BCUT2D eigenvalue weighted by molar-refractivity contribution is 0.510. The first-order valence-electron chi connectivity index (χ1n) is 5.69. The third kappa shape index (κ3) is 5.78. The number of hydrogen-bond donors (Lipinski definition) is 1. The van der Waals surface area contributed by atoms with Crippen LogP contribution in [-0.2, 0) is 0 Å². The standard InChI is InChI=1S/C13H20ClNS/c1-10(2)15-8-11(3)9-16-13-6-4-12(14)5-7-13/h4-7,10-11,15H,8-9H2,1-3H3. The summed E-state index contributed by atoms with van der Waals surface area (Å²) in [7, 11) is 0. The SMILES string of the molecule is CC(CNC(C)C)CSc1ccc(Cl)cc1. The van der Waals surface area contributed by atoms with E-state index >= 15 is 0 Å². The van der Waals surface area contributed by atoms with Crippen LogP contribution in [0.5, 0.6) is 0 Å². The maximum Gasteiger partial charge on any atom is 0.0406 e. The summed E-state index contributed by atoms with van der Waals surface area (Å²) in [6, 6.07) is 8.62. The van der Waals surface area contributed by atoms with Gasteiger partial charge in [0.15, 0.2) is 0 Å². The molecule has 90 valence electrons. The lowest BCUT2D eigenvalue weighted by atomic mass is 10.2. The molecule has 0 saturated carbocycles. The van der Waals surface area contributed by atoms with Gasteiger partial charge in [-0.05, 0) is 36.7 Å². The Balaban J connectivity index is 2.26. The van der Waals surface area contributed by atoms with Gasteiger partial charge in [0.05, 0.1) is 0 Å². The molecule has 0 fully saturated rings. The molecule has 0 saturated heterocycles. The van der Waals surface area contributed by atoms with Gasteiger partial charge in [-0.2, -0.15) is 0 Å². The molecular formula is C13H20ClNS. The molecule has 1 rings (SSSR count). The number of thioether (sulfide) groups is 1. The van der Waals surface area contributed by atoms with Crippen LogP contribution in [0.2, 0.25) is 5.02 Å². The number of rotatable bonds is 6. The molecule has 1 N–H and O–H groups in total. The van der Waals surface area contributed by atoms with Crippen LogP contribution >= 0.6 is 23.4 Å². The van der Waals surface area contributed by atoms with Crippen LogP contribution < -0.4 is 5.32 Å². The van der Waals surface area contributed by atoms with Crippen LogP contribution in [0.3, 0.4) is 0 Å². The van der Waals surface area contributed by atoms with Crippen LogP contribution in [0.4, 0.5) is 0 Å². The molecule has 3 heteroatoms. The van der Waals surface area contributed by atoms with E-state index in [1.165, 1.54) is 4.90 Å². The van der Waals surface area contributed by atoms with Crippen molar-refractivity contribution in [2.75, 3.05) is 12.3 Å². The van der Waals surface area contributed by atoms with E-state index in [9.17, 15) is 0 Å². The first-order chi connectivity index (χ1) is 7.58. The summed E-state index contributed by atoms with van der Waals surface area (Å²) in [6.45, 7) is 7.72. The number of hydrogen-bond acceptors (Lipinski definition) is 2. The largest absolute Gasteiger partial charge is 0.314 e. The van der Waals surface area contributed by atoms with Gasteiger partial charge in [0.25, 0.3) is 0 Å². The van der Waals surface area contributed by atoms with Crippen molar-refractivity contribution in [3.63, 3.8) is 0 Å². The minimum absolute atomic E-state index is 0.572. The fraction of sp³-hybridized carbons (Fsp3) is 0.538. The number of halogens is 1. The zero-order chi connectivity index (χ0) is 12.0. The molecular weight excluding hydrogens is 238 g/mol. The van der Waals surface area contributed by atoms with Crippen LogP contribution in [0, 0.1) is 5.92 Å². The molecule has 0 aliphatic heterocycles. The fourth-order valence-corrected chi connectivity index (χ4v) is 2.31. The quantitative estimate of drug-likeness (QED) is 0.772. The van der Waals surface area contributed by atoms with Crippen molar-refractivity contribution in [2.45, 2.75) is 31.7 Å². The van der Waals surface area contributed by atoms with Crippen molar-refractivity contribution in [1.82, 2.24) is 5.32 Å². The summed E-state index contributed by atoms with van der Waals surface area (Å²) in [5.74, 6) is 1.82. The van der Waals surface area contributed by atoms with Gasteiger partial charge < -0.3 is 5.32 Å². The van der Waals surface area contributed by atoms with Gasteiger partial charge in [-0.25, -0.2) is 0 Å². The van der Waals surface area contributed by atoms with Crippen molar-refractivity contribution in [3.05, 3.63) is 29.3 Å². The molecule has 16 heavy (non-hydrogen) atoms. The maximum absolute atomic E-state index is 5.84. The minimum Gasteiger partial charge on any atom is -0.314 e.